The van der Waals surface area contributed by atoms with Gasteiger partial charge in [0, 0.05) is 24.8 Å². The van der Waals surface area contributed by atoms with Gasteiger partial charge >= 0.3 is 107 Å². The van der Waals surface area contributed by atoms with Gasteiger partial charge in [0.15, 0.2) is 0 Å². The van der Waals surface area contributed by atoms with Crippen LogP contribution in [0.4, 0.5) is 43.9 Å². The van der Waals surface area contributed by atoms with Crippen LogP contribution >= 0.6 is 0 Å². The van der Waals surface area contributed by atoms with Crippen LogP contribution in [0.2, 0.25) is 0 Å². The van der Waals surface area contributed by atoms with Crippen molar-refractivity contribution in [1.29, 1.82) is 0 Å². The van der Waals surface area contributed by atoms with Crippen LogP contribution < -0.4 is 10.2 Å². The van der Waals surface area contributed by atoms with Crippen LogP contribution in [0.3, 0.4) is 0 Å². The normalized spacial score (nSPS) is 13.3. The number of ketones is 2. The number of carboxylic acids is 2. The number of halogens is 10. The summed E-state index contributed by atoms with van der Waals surface area (Å²) in [6.07, 6.45) is -11.5. The minimum absolute atomic E-state index is 0.807. The van der Waals surface area contributed by atoms with Gasteiger partial charge < -0.3 is 19.8 Å². The van der Waals surface area contributed by atoms with Gasteiger partial charge in [-0.2, -0.15) is 43.9 Å². The molecule has 2 unspecified atom stereocenters. The zero-order chi connectivity index (χ0) is 34.7. The first kappa shape index (κ1) is 45.8. The molecule has 0 saturated heterocycles. The Bertz CT molecular complexity index is 770. The maximum absolute atomic E-state index is 12.7. The Kier molecular flexibility index (Phi) is 23.4. The number of rotatable bonds is 18. The van der Waals surface area contributed by atoms with E-state index in [1.54, 1.807) is 0 Å². The SMILES string of the molecule is CCC(C(=O)CC(=O)[O-])C(F)(F)C(F)(F)F.CCC(C(=O)CC(=O)[O-])C(F)(F)C(F)(F)F.CCCC[O][Zr+2][O]CCCC. The number of carbonyl (C=O) groups is 4. The van der Waals surface area contributed by atoms with Gasteiger partial charge in [0.2, 0.25) is 0 Å². The van der Waals surface area contributed by atoms with E-state index in [0.717, 1.165) is 27.1 Å². The van der Waals surface area contributed by atoms with Crippen LogP contribution in [0.25, 0.3) is 0 Å². The van der Waals surface area contributed by atoms with E-state index >= 15 is 0 Å². The van der Waals surface area contributed by atoms with E-state index < -0.39 is 109 Å². The molecule has 0 aliphatic rings. The third-order valence-corrected chi connectivity index (χ3v) is 6.76. The predicted molar refractivity (Wildman–Crippen MR) is 121 cm³/mol. The van der Waals surface area contributed by atoms with E-state index in [4.69, 9.17) is 5.63 Å². The van der Waals surface area contributed by atoms with Crippen molar-refractivity contribution in [2.75, 3.05) is 13.2 Å². The fraction of sp³-hybridized carbons (Fsp3) is 0.833. The Labute approximate surface area is 254 Å². The molecule has 0 rings (SSSR count). The van der Waals surface area contributed by atoms with Gasteiger partial charge in [-0.3, -0.25) is 9.59 Å². The van der Waals surface area contributed by atoms with Crippen LogP contribution in [0.15, 0.2) is 0 Å². The summed E-state index contributed by atoms with van der Waals surface area (Å²) < 4.78 is 133. The molecular formula is C24H34F10O8Zr. The van der Waals surface area contributed by atoms with Crippen LogP contribution in [0, 0.1) is 11.8 Å². The summed E-state index contributed by atoms with van der Waals surface area (Å²) >= 11 is -0.876. The Morgan fingerprint density at radius 3 is 1.07 bits per heavy atom. The summed E-state index contributed by atoms with van der Waals surface area (Å²) in [6.45, 7) is 8.05. The zero-order valence-corrected chi connectivity index (χ0v) is 26.2. The fourth-order valence-corrected chi connectivity index (χ4v) is 4.18. The molecule has 0 aromatic rings. The average Bonchev–Trinajstić information content (AvgIpc) is 2.82. The molecule has 0 amide bonds. The number of carboxylic acid groups (broad SMARTS) is 2. The van der Waals surface area contributed by atoms with Crippen molar-refractivity contribution in [2.45, 2.75) is 103 Å². The topological polar surface area (TPSA) is 133 Å². The fourth-order valence-electron chi connectivity index (χ4n) is 2.86. The van der Waals surface area contributed by atoms with Gasteiger partial charge in [0.05, 0.1) is 11.8 Å². The van der Waals surface area contributed by atoms with Crippen molar-refractivity contribution in [3.8, 4) is 0 Å². The molecule has 43 heavy (non-hydrogen) atoms. The summed E-state index contributed by atoms with van der Waals surface area (Å²) in [5.74, 6) is -23.2. The Hall–Kier alpha value is -1.62. The molecule has 8 nitrogen and oxygen atoms in total. The summed E-state index contributed by atoms with van der Waals surface area (Å²) in [6, 6.07) is 0. The summed E-state index contributed by atoms with van der Waals surface area (Å²) in [7, 11) is 0. The molecule has 0 fully saturated rings. The Morgan fingerprint density at radius 1 is 0.605 bits per heavy atom. The van der Waals surface area contributed by atoms with Crippen molar-refractivity contribution < 1.29 is 103 Å². The first-order valence-corrected chi connectivity index (χ1v) is 14.8. The van der Waals surface area contributed by atoms with E-state index in [9.17, 15) is 73.3 Å². The van der Waals surface area contributed by atoms with Crippen molar-refractivity contribution in [1.82, 2.24) is 0 Å². The molecule has 252 valence electrons. The molecular weight excluding hydrogens is 697 g/mol. The van der Waals surface area contributed by atoms with E-state index in [0.29, 0.717) is 0 Å². The molecule has 0 N–H and O–H groups in total. The van der Waals surface area contributed by atoms with Crippen LogP contribution in [-0.2, 0) is 48.9 Å². The van der Waals surface area contributed by atoms with Crippen LogP contribution in [0.5, 0.6) is 0 Å². The molecule has 2 atom stereocenters. The number of hydrogen-bond donors (Lipinski definition) is 0. The van der Waals surface area contributed by atoms with Crippen molar-refractivity contribution in [3.05, 3.63) is 0 Å². The second-order valence-corrected chi connectivity index (χ2v) is 10.5. The van der Waals surface area contributed by atoms with E-state index in [1.165, 1.54) is 25.7 Å². The molecule has 0 bridgehead atoms. The molecule has 0 heterocycles. The predicted octanol–water partition coefficient (Wildman–Crippen LogP) is 4.37. The quantitative estimate of drug-likeness (QED) is 0.115. The maximum atomic E-state index is 12.7. The molecule has 0 aromatic heterocycles. The first-order valence-electron chi connectivity index (χ1n) is 12.8. The minimum atomic E-state index is -5.88. The van der Waals surface area contributed by atoms with E-state index in [-0.39, 0.29) is 0 Å². The monoisotopic (exact) mass is 730 g/mol. The van der Waals surface area contributed by atoms with Gasteiger partial charge in [0.25, 0.3) is 0 Å². The molecule has 0 aromatic carbocycles. The number of Topliss-reactive ketones (excluding diaryl/α,β-unsaturated/α-hetero) is 2. The van der Waals surface area contributed by atoms with Crippen molar-refractivity contribution >= 4 is 23.5 Å². The Morgan fingerprint density at radius 2 is 0.884 bits per heavy atom. The number of carbonyl (C=O) groups excluding carboxylic acids is 4. The van der Waals surface area contributed by atoms with Gasteiger partial charge in [0.1, 0.15) is 11.6 Å². The summed E-state index contributed by atoms with van der Waals surface area (Å²) in [4.78, 5) is 41.7. The number of aliphatic carboxylic acids is 2. The Balaban J connectivity index is -0.000000569. The average molecular weight is 732 g/mol. The zero-order valence-electron chi connectivity index (χ0n) is 23.8. The third-order valence-electron chi connectivity index (χ3n) is 5.18. The van der Waals surface area contributed by atoms with E-state index in [2.05, 4.69) is 13.8 Å². The first-order chi connectivity index (χ1) is 19.5. The summed E-state index contributed by atoms with van der Waals surface area (Å²) in [5, 5.41) is 19.9. The van der Waals surface area contributed by atoms with Gasteiger partial charge in [-0.25, -0.2) is 0 Å². The van der Waals surface area contributed by atoms with Gasteiger partial charge in [-0.1, -0.05) is 13.8 Å². The van der Waals surface area contributed by atoms with E-state index in [1.807, 2.05) is 0 Å². The van der Waals surface area contributed by atoms with Gasteiger partial charge in [-0.05, 0) is 12.8 Å². The van der Waals surface area contributed by atoms with Crippen LogP contribution in [-0.4, -0.2) is 60.9 Å². The van der Waals surface area contributed by atoms with Crippen LogP contribution in [0.1, 0.15) is 79.1 Å². The van der Waals surface area contributed by atoms with Gasteiger partial charge in [-0.15, -0.1) is 0 Å². The van der Waals surface area contributed by atoms with Crippen molar-refractivity contribution in [2.24, 2.45) is 11.8 Å². The molecule has 0 radical (unpaired) electrons. The molecule has 19 heteroatoms. The third kappa shape index (κ3) is 18.7. The van der Waals surface area contributed by atoms with Crippen molar-refractivity contribution in [3.63, 3.8) is 0 Å². The number of unbranched alkanes of at least 4 members (excludes halogenated alkanes) is 2. The number of alkyl halides is 10. The standard InChI is InChI=1S/2C8H9F5O3.2C4H9O.Zr/c2*1-2-4(5(14)3-6(15)16)7(9,10)8(11,12)13;2*1-2-3-4-5;/h2*4H,2-3H2,1H3,(H,15,16);2*2-4H2,1H3;/q;;2*-1;+4/p-2. The summed E-state index contributed by atoms with van der Waals surface area (Å²) in [5.41, 5.74) is 0. The second kappa shape index (κ2) is 22.0. The molecule has 0 aliphatic heterocycles. The number of hydrogen-bond acceptors (Lipinski definition) is 8. The molecule has 0 spiro atoms. The molecule has 0 saturated carbocycles. The molecule has 0 aliphatic carbocycles. The second-order valence-electron chi connectivity index (χ2n) is 8.68.